The molecule has 5 nitrogen and oxygen atoms in total. The second-order valence-corrected chi connectivity index (χ2v) is 6.37. The van der Waals surface area contributed by atoms with Gasteiger partial charge in [-0.1, -0.05) is 39.5 Å². The van der Waals surface area contributed by atoms with Crippen molar-refractivity contribution in [2.24, 2.45) is 0 Å². The van der Waals surface area contributed by atoms with Gasteiger partial charge in [-0.3, -0.25) is 0 Å². The SMILES string of the molecule is CCCCCC(C#N)(CCC)S(=O)(=O)NCC#N. The Balaban J connectivity index is 5.07. The van der Waals surface area contributed by atoms with Crippen LogP contribution in [0.3, 0.4) is 0 Å². The highest BCUT2D eigenvalue weighted by atomic mass is 32.2. The minimum atomic E-state index is -3.77. The Labute approximate surface area is 110 Å². The number of nitrogens with one attached hydrogen (secondary N) is 1. The Morgan fingerprint density at radius 3 is 2.22 bits per heavy atom. The highest BCUT2D eigenvalue weighted by Gasteiger charge is 2.42. The molecule has 1 unspecified atom stereocenters. The van der Waals surface area contributed by atoms with Crippen LogP contribution in [0.25, 0.3) is 0 Å². The van der Waals surface area contributed by atoms with Crippen molar-refractivity contribution < 1.29 is 8.42 Å². The topological polar surface area (TPSA) is 93.8 Å². The summed E-state index contributed by atoms with van der Waals surface area (Å²) in [6.07, 6.45) is 3.82. The fourth-order valence-corrected chi connectivity index (χ4v) is 3.43. The normalized spacial score (nSPS) is 14.4. The molecule has 0 saturated heterocycles. The van der Waals surface area contributed by atoms with Crippen LogP contribution >= 0.6 is 0 Å². The van der Waals surface area contributed by atoms with Gasteiger partial charge in [0, 0.05) is 0 Å². The molecule has 0 aliphatic heterocycles. The summed E-state index contributed by atoms with van der Waals surface area (Å²) in [6.45, 7) is 3.59. The van der Waals surface area contributed by atoms with E-state index in [2.05, 4.69) is 4.72 Å². The molecule has 0 fully saturated rings. The number of sulfonamides is 1. The predicted molar refractivity (Wildman–Crippen MR) is 69.9 cm³/mol. The molecule has 1 N–H and O–H groups in total. The van der Waals surface area contributed by atoms with Gasteiger partial charge in [-0.25, -0.2) is 8.42 Å². The van der Waals surface area contributed by atoms with Crippen molar-refractivity contribution in [3.8, 4) is 12.1 Å². The summed E-state index contributed by atoms with van der Waals surface area (Å²) in [5, 5.41) is 17.7. The van der Waals surface area contributed by atoms with Crippen molar-refractivity contribution in [2.75, 3.05) is 6.54 Å². The standard InChI is InChI=1S/C12H21N3O2S/c1-3-5-6-8-12(11-14,7-4-2)18(16,17)15-10-9-13/h15H,3-8,10H2,1-2H3. The zero-order valence-corrected chi connectivity index (χ0v) is 11.9. The quantitative estimate of drug-likeness (QED) is 0.513. The van der Waals surface area contributed by atoms with E-state index in [0.717, 1.165) is 12.8 Å². The van der Waals surface area contributed by atoms with Crippen molar-refractivity contribution in [2.45, 2.75) is 57.1 Å². The van der Waals surface area contributed by atoms with Gasteiger partial charge in [0.15, 0.2) is 4.75 Å². The molecular formula is C12H21N3O2S. The number of hydrogen-bond donors (Lipinski definition) is 1. The third-order valence-electron chi connectivity index (χ3n) is 2.90. The number of hydrogen-bond acceptors (Lipinski definition) is 4. The van der Waals surface area contributed by atoms with Crippen molar-refractivity contribution >= 4 is 10.0 Å². The highest BCUT2D eigenvalue weighted by molar-refractivity contribution is 7.91. The molecule has 102 valence electrons. The molecule has 0 aliphatic rings. The summed E-state index contributed by atoms with van der Waals surface area (Å²) in [4.78, 5) is 0. The van der Waals surface area contributed by atoms with Gasteiger partial charge < -0.3 is 0 Å². The van der Waals surface area contributed by atoms with Crippen LogP contribution in [0.5, 0.6) is 0 Å². The molecule has 1 atom stereocenters. The first-order valence-corrected chi connectivity index (χ1v) is 7.75. The molecule has 0 aromatic rings. The van der Waals surface area contributed by atoms with Crippen molar-refractivity contribution in [1.29, 1.82) is 10.5 Å². The molecule has 0 aromatic heterocycles. The summed E-state index contributed by atoms with van der Waals surface area (Å²) in [6, 6.07) is 3.69. The zero-order chi connectivity index (χ0) is 14.1. The molecule has 0 heterocycles. The average molecular weight is 271 g/mol. The van der Waals surface area contributed by atoms with Crippen LogP contribution in [-0.2, 0) is 10.0 Å². The van der Waals surface area contributed by atoms with Gasteiger partial charge in [0.05, 0.1) is 18.7 Å². The Bertz CT molecular complexity index is 420. The molecule has 0 aliphatic carbocycles. The monoisotopic (exact) mass is 271 g/mol. The van der Waals surface area contributed by atoms with Crippen LogP contribution in [-0.4, -0.2) is 19.7 Å². The molecule has 0 saturated carbocycles. The van der Waals surface area contributed by atoms with E-state index in [1.165, 1.54) is 0 Å². The fraction of sp³-hybridized carbons (Fsp3) is 0.833. The highest BCUT2D eigenvalue weighted by Crippen LogP contribution is 2.28. The summed E-state index contributed by atoms with van der Waals surface area (Å²) < 4.78 is 25.1. The van der Waals surface area contributed by atoms with E-state index in [-0.39, 0.29) is 6.54 Å². The van der Waals surface area contributed by atoms with E-state index in [1.807, 2.05) is 19.9 Å². The van der Waals surface area contributed by atoms with E-state index < -0.39 is 14.8 Å². The van der Waals surface area contributed by atoms with Crippen LogP contribution in [0.15, 0.2) is 0 Å². The van der Waals surface area contributed by atoms with E-state index in [1.54, 1.807) is 6.07 Å². The van der Waals surface area contributed by atoms with Crippen LogP contribution in [0.1, 0.15) is 52.4 Å². The van der Waals surface area contributed by atoms with Crippen molar-refractivity contribution in [3.05, 3.63) is 0 Å². The molecular weight excluding hydrogens is 250 g/mol. The number of unbranched alkanes of at least 4 members (excludes halogenated alkanes) is 2. The number of rotatable bonds is 9. The maximum atomic E-state index is 12.1. The predicted octanol–water partition coefficient (Wildman–Crippen LogP) is 2.07. The molecule has 0 rings (SSSR count). The first-order valence-electron chi connectivity index (χ1n) is 6.27. The lowest BCUT2D eigenvalue weighted by atomic mass is 9.97. The van der Waals surface area contributed by atoms with Crippen LogP contribution < -0.4 is 4.72 Å². The minimum Gasteiger partial charge on any atom is -0.211 e. The molecule has 0 amide bonds. The fourth-order valence-electron chi connectivity index (χ4n) is 1.90. The van der Waals surface area contributed by atoms with Crippen molar-refractivity contribution in [1.82, 2.24) is 4.72 Å². The molecule has 18 heavy (non-hydrogen) atoms. The van der Waals surface area contributed by atoms with Gasteiger partial charge >= 0.3 is 0 Å². The van der Waals surface area contributed by atoms with Crippen LogP contribution in [0, 0.1) is 22.7 Å². The van der Waals surface area contributed by atoms with E-state index in [0.29, 0.717) is 25.7 Å². The first-order chi connectivity index (χ1) is 8.49. The van der Waals surface area contributed by atoms with Gasteiger partial charge in [0.25, 0.3) is 0 Å². The Morgan fingerprint density at radius 1 is 1.11 bits per heavy atom. The van der Waals surface area contributed by atoms with Crippen molar-refractivity contribution in [3.63, 3.8) is 0 Å². The lowest BCUT2D eigenvalue weighted by molar-refractivity contribution is 0.486. The summed E-state index contributed by atoms with van der Waals surface area (Å²) >= 11 is 0. The van der Waals surface area contributed by atoms with E-state index in [4.69, 9.17) is 5.26 Å². The summed E-state index contributed by atoms with van der Waals surface area (Å²) in [7, 11) is -3.77. The third kappa shape index (κ3) is 4.29. The average Bonchev–Trinajstić information content (AvgIpc) is 2.35. The number of nitriles is 2. The zero-order valence-electron chi connectivity index (χ0n) is 11.1. The smallest absolute Gasteiger partial charge is 0.211 e. The van der Waals surface area contributed by atoms with Gasteiger partial charge in [-0.05, 0) is 12.8 Å². The maximum Gasteiger partial charge on any atom is 0.231 e. The second kappa shape index (κ2) is 8.07. The molecule has 0 radical (unpaired) electrons. The molecule has 0 spiro atoms. The lowest BCUT2D eigenvalue weighted by Crippen LogP contribution is -2.45. The minimum absolute atomic E-state index is 0.288. The molecule has 0 bridgehead atoms. The lowest BCUT2D eigenvalue weighted by Gasteiger charge is -2.25. The molecule has 6 heteroatoms. The van der Waals surface area contributed by atoms with E-state index in [9.17, 15) is 13.7 Å². The third-order valence-corrected chi connectivity index (χ3v) is 4.95. The molecule has 0 aromatic carbocycles. The first kappa shape index (κ1) is 16.9. The summed E-state index contributed by atoms with van der Waals surface area (Å²) in [5.74, 6) is 0. The van der Waals surface area contributed by atoms with Gasteiger partial charge in [-0.15, -0.1) is 0 Å². The van der Waals surface area contributed by atoms with Gasteiger partial charge in [0.2, 0.25) is 10.0 Å². The number of nitrogens with zero attached hydrogens (tertiary/aromatic N) is 2. The van der Waals surface area contributed by atoms with Gasteiger partial charge in [-0.2, -0.15) is 15.2 Å². The van der Waals surface area contributed by atoms with Gasteiger partial charge in [0.1, 0.15) is 0 Å². The summed E-state index contributed by atoms with van der Waals surface area (Å²) in [5.41, 5.74) is 0. The van der Waals surface area contributed by atoms with Crippen LogP contribution in [0.2, 0.25) is 0 Å². The van der Waals surface area contributed by atoms with Crippen LogP contribution in [0.4, 0.5) is 0 Å². The Morgan fingerprint density at radius 2 is 1.78 bits per heavy atom. The Hall–Kier alpha value is -1.11. The second-order valence-electron chi connectivity index (χ2n) is 4.30. The largest absolute Gasteiger partial charge is 0.231 e. The maximum absolute atomic E-state index is 12.1. The van der Waals surface area contributed by atoms with E-state index >= 15 is 0 Å². The Kier molecular flexibility index (Phi) is 7.58.